The molecular formula is C18H19NO4. The van der Waals surface area contributed by atoms with Crippen LogP contribution in [0, 0.1) is 6.92 Å². The van der Waals surface area contributed by atoms with E-state index in [2.05, 4.69) is 5.32 Å². The Morgan fingerprint density at radius 3 is 2.52 bits per heavy atom. The highest BCUT2D eigenvalue weighted by Crippen LogP contribution is 2.30. The van der Waals surface area contributed by atoms with Crippen LogP contribution in [-0.4, -0.2) is 24.2 Å². The smallest absolute Gasteiger partial charge is 0.255 e. The summed E-state index contributed by atoms with van der Waals surface area (Å²) in [6, 6.07) is 12.2. The lowest BCUT2D eigenvalue weighted by molar-refractivity contribution is -0.183. The largest absolute Gasteiger partial charge is 0.506 e. The first-order valence-corrected chi connectivity index (χ1v) is 7.57. The fraction of sp³-hybridized carbons (Fsp3) is 0.278. The summed E-state index contributed by atoms with van der Waals surface area (Å²) in [5.41, 5.74) is 2.72. The maximum atomic E-state index is 12.3. The van der Waals surface area contributed by atoms with Crippen LogP contribution in [0.5, 0.6) is 5.75 Å². The number of nitrogens with one attached hydrogen (secondary N) is 1. The number of hydrogen-bond donors (Lipinski definition) is 2. The van der Waals surface area contributed by atoms with Crippen molar-refractivity contribution in [2.45, 2.75) is 19.6 Å². The molecule has 2 N–H and O–H groups in total. The van der Waals surface area contributed by atoms with Crippen LogP contribution < -0.4 is 5.32 Å². The molecule has 1 saturated heterocycles. The summed E-state index contributed by atoms with van der Waals surface area (Å²) in [5.74, 6) is -0.270. The van der Waals surface area contributed by atoms with Crippen molar-refractivity contribution in [2.75, 3.05) is 18.5 Å². The van der Waals surface area contributed by atoms with Crippen LogP contribution in [0.15, 0.2) is 42.5 Å². The molecule has 0 unspecified atom stereocenters. The van der Waals surface area contributed by atoms with Crippen molar-refractivity contribution in [1.29, 1.82) is 0 Å². The van der Waals surface area contributed by atoms with Gasteiger partial charge in [-0.25, -0.2) is 0 Å². The first-order valence-electron chi connectivity index (χ1n) is 7.57. The van der Waals surface area contributed by atoms with Crippen molar-refractivity contribution < 1.29 is 19.4 Å². The number of phenols is 1. The Bertz CT molecular complexity index is 691. The molecule has 0 spiro atoms. The topological polar surface area (TPSA) is 67.8 Å². The number of carbonyl (C=O) groups excluding carboxylic acids is 1. The van der Waals surface area contributed by atoms with Crippen LogP contribution >= 0.6 is 0 Å². The van der Waals surface area contributed by atoms with Crippen LogP contribution in [0.2, 0.25) is 0 Å². The van der Waals surface area contributed by atoms with Crippen molar-refractivity contribution in [3.05, 3.63) is 59.2 Å². The van der Waals surface area contributed by atoms with E-state index in [0.29, 0.717) is 24.5 Å². The van der Waals surface area contributed by atoms with Gasteiger partial charge in [-0.05, 0) is 37.6 Å². The number of amides is 1. The molecule has 0 radical (unpaired) electrons. The quantitative estimate of drug-likeness (QED) is 0.852. The SMILES string of the molecule is Cc1ccc(C(=O)Nc2cc(C3OCCCO3)ccc2O)cc1. The van der Waals surface area contributed by atoms with E-state index < -0.39 is 6.29 Å². The Kier molecular flexibility index (Phi) is 4.60. The molecule has 1 aliphatic heterocycles. The van der Waals surface area contributed by atoms with E-state index in [0.717, 1.165) is 17.5 Å². The molecule has 0 aromatic heterocycles. The second-order valence-electron chi connectivity index (χ2n) is 5.52. The minimum absolute atomic E-state index is 0.00465. The predicted octanol–water partition coefficient (Wildman–Crippen LogP) is 3.39. The average molecular weight is 313 g/mol. The average Bonchev–Trinajstić information content (AvgIpc) is 2.58. The second-order valence-corrected chi connectivity index (χ2v) is 5.52. The van der Waals surface area contributed by atoms with Crippen LogP contribution in [0.25, 0.3) is 0 Å². The van der Waals surface area contributed by atoms with Gasteiger partial charge >= 0.3 is 0 Å². The molecule has 0 saturated carbocycles. The van der Waals surface area contributed by atoms with Crippen molar-refractivity contribution in [3.63, 3.8) is 0 Å². The number of phenolic OH excluding ortho intramolecular Hbond substituents is 1. The van der Waals surface area contributed by atoms with E-state index in [9.17, 15) is 9.90 Å². The zero-order chi connectivity index (χ0) is 16.2. The first kappa shape index (κ1) is 15.5. The number of hydrogen-bond acceptors (Lipinski definition) is 4. The number of rotatable bonds is 3. The fourth-order valence-corrected chi connectivity index (χ4v) is 2.38. The molecule has 3 rings (SSSR count). The Balaban J connectivity index is 1.78. The zero-order valence-corrected chi connectivity index (χ0v) is 12.9. The van der Waals surface area contributed by atoms with Crippen molar-refractivity contribution in [1.82, 2.24) is 0 Å². The number of benzene rings is 2. The number of ether oxygens (including phenoxy) is 2. The number of aromatic hydroxyl groups is 1. The Hall–Kier alpha value is -2.37. The first-order chi connectivity index (χ1) is 11.1. The van der Waals surface area contributed by atoms with Gasteiger partial charge in [0.1, 0.15) is 5.75 Å². The summed E-state index contributed by atoms with van der Waals surface area (Å²) in [6.45, 7) is 3.23. The third-order valence-corrected chi connectivity index (χ3v) is 3.68. The standard InChI is InChI=1S/C18H19NO4/c1-12-3-5-13(6-4-12)17(21)19-15-11-14(7-8-16(15)20)18-22-9-2-10-23-18/h3-8,11,18,20H,2,9-10H2,1H3,(H,19,21). The molecule has 1 heterocycles. The molecule has 2 aromatic carbocycles. The summed E-state index contributed by atoms with van der Waals surface area (Å²) >= 11 is 0. The van der Waals surface area contributed by atoms with Crippen molar-refractivity contribution in [2.24, 2.45) is 0 Å². The number of carbonyl (C=O) groups is 1. The van der Waals surface area contributed by atoms with Gasteiger partial charge in [-0.1, -0.05) is 23.8 Å². The predicted molar refractivity (Wildman–Crippen MR) is 86.5 cm³/mol. The lowest BCUT2D eigenvalue weighted by Crippen LogP contribution is -2.18. The van der Waals surface area contributed by atoms with Crippen LogP contribution in [0.3, 0.4) is 0 Å². The van der Waals surface area contributed by atoms with Gasteiger partial charge in [0.25, 0.3) is 5.91 Å². The summed E-state index contributed by atoms with van der Waals surface area (Å²) in [5, 5.41) is 12.7. The highest BCUT2D eigenvalue weighted by Gasteiger charge is 2.18. The van der Waals surface area contributed by atoms with E-state index in [1.54, 1.807) is 24.3 Å². The van der Waals surface area contributed by atoms with Crippen molar-refractivity contribution in [3.8, 4) is 5.75 Å². The van der Waals surface area contributed by atoms with Crippen LogP contribution in [0.1, 0.15) is 34.2 Å². The highest BCUT2D eigenvalue weighted by molar-refractivity contribution is 6.05. The van der Waals surface area contributed by atoms with Crippen LogP contribution in [0.4, 0.5) is 5.69 Å². The van der Waals surface area contributed by atoms with E-state index in [1.165, 1.54) is 6.07 Å². The zero-order valence-electron chi connectivity index (χ0n) is 12.9. The summed E-state index contributed by atoms with van der Waals surface area (Å²) < 4.78 is 11.1. The molecule has 1 amide bonds. The van der Waals surface area contributed by atoms with Gasteiger partial charge in [-0.2, -0.15) is 0 Å². The van der Waals surface area contributed by atoms with Gasteiger partial charge in [0.15, 0.2) is 6.29 Å². The molecule has 2 aromatic rings. The van der Waals surface area contributed by atoms with Gasteiger partial charge < -0.3 is 19.9 Å². The molecule has 0 atom stereocenters. The van der Waals surface area contributed by atoms with Gasteiger partial charge in [-0.3, -0.25) is 4.79 Å². The fourth-order valence-electron chi connectivity index (χ4n) is 2.38. The lowest BCUT2D eigenvalue weighted by Gasteiger charge is -2.24. The molecular weight excluding hydrogens is 294 g/mol. The maximum Gasteiger partial charge on any atom is 0.255 e. The summed E-state index contributed by atoms with van der Waals surface area (Å²) in [4.78, 5) is 12.3. The number of anilines is 1. The third kappa shape index (κ3) is 3.70. The van der Waals surface area contributed by atoms with Gasteiger partial charge in [0.05, 0.1) is 18.9 Å². The summed E-state index contributed by atoms with van der Waals surface area (Å²) in [7, 11) is 0. The van der Waals surface area contributed by atoms with Crippen molar-refractivity contribution >= 4 is 11.6 Å². The maximum absolute atomic E-state index is 12.3. The molecule has 5 heteroatoms. The Labute approximate surface area is 134 Å². The molecule has 23 heavy (non-hydrogen) atoms. The van der Waals surface area contributed by atoms with E-state index in [1.807, 2.05) is 19.1 Å². The monoisotopic (exact) mass is 313 g/mol. The molecule has 0 bridgehead atoms. The molecule has 0 aliphatic carbocycles. The van der Waals surface area contributed by atoms with Gasteiger partial charge in [0.2, 0.25) is 0 Å². The summed E-state index contributed by atoms with van der Waals surface area (Å²) in [6.07, 6.45) is 0.408. The van der Waals surface area contributed by atoms with E-state index in [-0.39, 0.29) is 11.7 Å². The molecule has 120 valence electrons. The minimum Gasteiger partial charge on any atom is -0.506 e. The molecule has 1 aliphatic rings. The van der Waals surface area contributed by atoms with Gasteiger partial charge in [-0.15, -0.1) is 0 Å². The Morgan fingerprint density at radius 2 is 1.83 bits per heavy atom. The van der Waals surface area contributed by atoms with E-state index >= 15 is 0 Å². The second kappa shape index (κ2) is 6.81. The third-order valence-electron chi connectivity index (χ3n) is 3.68. The molecule has 1 fully saturated rings. The normalized spacial score (nSPS) is 15.3. The Morgan fingerprint density at radius 1 is 1.13 bits per heavy atom. The molecule has 5 nitrogen and oxygen atoms in total. The lowest BCUT2D eigenvalue weighted by atomic mass is 10.1. The minimum atomic E-state index is -0.459. The van der Waals surface area contributed by atoms with Crippen LogP contribution in [-0.2, 0) is 9.47 Å². The number of aryl methyl sites for hydroxylation is 1. The van der Waals surface area contributed by atoms with E-state index in [4.69, 9.17) is 9.47 Å². The highest BCUT2D eigenvalue weighted by atomic mass is 16.7. The van der Waals surface area contributed by atoms with Gasteiger partial charge in [0, 0.05) is 11.1 Å².